The number of carbonyl (C=O) groups excluding carboxylic acids is 1. The minimum absolute atomic E-state index is 0.0276. The van der Waals surface area contributed by atoms with Gasteiger partial charge in [-0.25, -0.2) is 4.79 Å². The standard InChI is InChI=1S/C18H26F3N3O2/c1-3-9-24-10-7-13(8-11-24)22-17(25)23-16-6-5-14(26-4-2)12-15(16)18(19,20)21/h5-6,12-13H,3-4,7-11H2,1-2H3,(H2,22,23,25). The summed E-state index contributed by atoms with van der Waals surface area (Å²) in [6.45, 7) is 6.87. The van der Waals surface area contributed by atoms with Gasteiger partial charge in [-0.15, -0.1) is 0 Å². The molecule has 0 atom stereocenters. The van der Waals surface area contributed by atoms with Crippen LogP contribution in [0.2, 0.25) is 0 Å². The smallest absolute Gasteiger partial charge is 0.418 e. The van der Waals surface area contributed by atoms with Crippen molar-refractivity contribution >= 4 is 11.7 Å². The first-order valence-electron chi connectivity index (χ1n) is 8.97. The lowest BCUT2D eigenvalue weighted by molar-refractivity contribution is -0.137. The molecule has 2 rings (SSSR count). The van der Waals surface area contributed by atoms with Crippen molar-refractivity contribution < 1.29 is 22.7 Å². The van der Waals surface area contributed by atoms with Gasteiger partial charge in [0.2, 0.25) is 0 Å². The number of nitrogens with zero attached hydrogens (tertiary/aromatic N) is 1. The SMILES string of the molecule is CCCN1CCC(NC(=O)Nc2ccc(OCC)cc2C(F)(F)F)CC1. The number of benzene rings is 1. The molecule has 146 valence electrons. The van der Waals surface area contributed by atoms with Gasteiger partial charge in [0.05, 0.1) is 17.9 Å². The Hall–Kier alpha value is -1.96. The molecule has 0 spiro atoms. The Kier molecular flexibility index (Phi) is 7.14. The van der Waals surface area contributed by atoms with Crippen LogP contribution in [0.3, 0.4) is 0 Å². The molecular formula is C18H26F3N3O2. The topological polar surface area (TPSA) is 53.6 Å². The summed E-state index contributed by atoms with van der Waals surface area (Å²) >= 11 is 0. The first kappa shape index (κ1) is 20.4. The first-order valence-corrected chi connectivity index (χ1v) is 8.97. The molecule has 0 radical (unpaired) electrons. The summed E-state index contributed by atoms with van der Waals surface area (Å²) in [6.07, 6.45) is -1.91. The second-order valence-electron chi connectivity index (χ2n) is 6.35. The van der Waals surface area contributed by atoms with Gasteiger partial charge in [0, 0.05) is 19.1 Å². The van der Waals surface area contributed by atoms with Crippen LogP contribution in [0.1, 0.15) is 38.7 Å². The molecule has 26 heavy (non-hydrogen) atoms. The Morgan fingerprint density at radius 1 is 1.27 bits per heavy atom. The number of piperidine rings is 1. The van der Waals surface area contributed by atoms with E-state index in [1.807, 2.05) is 0 Å². The lowest BCUT2D eigenvalue weighted by atomic mass is 10.1. The maximum atomic E-state index is 13.3. The number of rotatable bonds is 6. The number of nitrogens with one attached hydrogen (secondary N) is 2. The van der Waals surface area contributed by atoms with Crippen molar-refractivity contribution in [2.24, 2.45) is 0 Å². The van der Waals surface area contributed by atoms with Crippen LogP contribution < -0.4 is 15.4 Å². The second kappa shape index (κ2) is 9.12. The molecule has 1 saturated heterocycles. The van der Waals surface area contributed by atoms with Gasteiger partial charge in [0.1, 0.15) is 5.75 Å². The quantitative estimate of drug-likeness (QED) is 0.789. The molecule has 0 aliphatic carbocycles. The third kappa shape index (κ3) is 5.79. The van der Waals surface area contributed by atoms with E-state index in [9.17, 15) is 18.0 Å². The summed E-state index contributed by atoms with van der Waals surface area (Å²) in [6, 6.07) is 2.89. The average Bonchev–Trinajstić information content (AvgIpc) is 2.57. The minimum atomic E-state index is -4.58. The lowest BCUT2D eigenvalue weighted by Gasteiger charge is -2.32. The van der Waals surface area contributed by atoms with Crippen molar-refractivity contribution in [1.82, 2.24) is 10.2 Å². The number of ether oxygens (including phenoxy) is 1. The van der Waals surface area contributed by atoms with Gasteiger partial charge in [-0.3, -0.25) is 0 Å². The van der Waals surface area contributed by atoms with Crippen LogP contribution in [-0.2, 0) is 6.18 Å². The van der Waals surface area contributed by atoms with E-state index in [2.05, 4.69) is 22.5 Å². The molecule has 1 heterocycles. The number of anilines is 1. The Labute approximate surface area is 151 Å². The number of likely N-dealkylation sites (tertiary alicyclic amines) is 1. The molecule has 2 N–H and O–H groups in total. The highest BCUT2D eigenvalue weighted by Gasteiger charge is 2.34. The average molecular weight is 373 g/mol. The van der Waals surface area contributed by atoms with Crippen molar-refractivity contribution in [3.05, 3.63) is 23.8 Å². The summed E-state index contributed by atoms with van der Waals surface area (Å²) in [7, 11) is 0. The maximum Gasteiger partial charge on any atom is 0.418 e. The van der Waals surface area contributed by atoms with Crippen molar-refractivity contribution in [2.75, 3.05) is 31.6 Å². The zero-order chi connectivity index (χ0) is 19.2. The van der Waals surface area contributed by atoms with E-state index in [0.717, 1.165) is 45.0 Å². The Balaban J connectivity index is 1.98. The molecule has 1 aliphatic rings. The molecule has 0 saturated carbocycles. The van der Waals surface area contributed by atoms with Crippen LogP contribution >= 0.6 is 0 Å². The molecule has 0 aromatic heterocycles. The van der Waals surface area contributed by atoms with Crippen LogP contribution in [-0.4, -0.2) is 43.2 Å². The number of urea groups is 1. The molecule has 8 heteroatoms. The number of hydrogen-bond acceptors (Lipinski definition) is 3. The highest BCUT2D eigenvalue weighted by atomic mass is 19.4. The van der Waals surface area contributed by atoms with E-state index in [0.29, 0.717) is 0 Å². The fourth-order valence-electron chi connectivity index (χ4n) is 3.08. The highest BCUT2D eigenvalue weighted by molar-refractivity contribution is 5.90. The third-order valence-electron chi connectivity index (χ3n) is 4.32. The van der Waals surface area contributed by atoms with Crippen molar-refractivity contribution in [3.8, 4) is 5.75 Å². The second-order valence-corrected chi connectivity index (χ2v) is 6.35. The molecule has 0 unspecified atom stereocenters. The van der Waals surface area contributed by atoms with Gasteiger partial charge in [0.15, 0.2) is 0 Å². The molecule has 1 fully saturated rings. The van der Waals surface area contributed by atoms with Crippen LogP contribution in [0.4, 0.5) is 23.7 Å². The summed E-state index contributed by atoms with van der Waals surface area (Å²) in [5.74, 6) is 0.120. The van der Waals surface area contributed by atoms with Gasteiger partial charge in [-0.1, -0.05) is 6.92 Å². The molecular weight excluding hydrogens is 347 g/mol. The highest BCUT2D eigenvalue weighted by Crippen LogP contribution is 2.37. The van der Waals surface area contributed by atoms with Gasteiger partial charge < -0.3 is 20.3 Å². The fraction of sp³-hybridized carbons (Fsp3) is 0.611. The lowest BCUT2D eigenvalue weighted by Crippen LogP contribution is -2.46. The molecule has 1 aliphatic heterocycles. The van der Waals surface area contributed by atoms with Crippen LogP contribution in [0.15, 0.2) is 18.2 Å². The normalized spacial score (nSPS) is 16.3. The zero-order valence-electron chi connectivity index (χ0n) is 15.2. The van der Waals surface area contributed by atoms with E-state index in [4.69, 9.17) is 4.74 Å². The summed E-state index contributed by atoms with van der Waals surface area (Å²) in [5, 5.41) is 5.10. The summed E-state index contributed by atoms with van der Waals surface area (Å²) in [5.41, 5.74) is -1.20. The van der Waals surface area contributed by atoms with Gasteiger partial charge in [-0.2, -0.15) is 13.2 Å². The fourth-order valence-corrected chi connectivity index (χ4v) is 3.08. The molecule has 0 bridgehead atoms. The number of carbonyl (C=O) groups is 1. The van der Waals surface area contributed by atoms with Crippen molar-refractivity contribution in [3.63, 3.8) is 0 Å². The van der Waals surface area contributed by atoms with E-state index < -0.39 is 17.8 Å². The first-order chi connectivity index (χ1) is 12.3. The number of hydrogen-bond donors (Lipinski definition) is 2. The molecule has 1 aromatic rings. The number of amides is 2. The van der Waals surface area contributed by atoms with Crippen molar-refractivity contribution in [1.29, 1.82) is 0 Å². The summed E-state index contributed by atoms with van der Waals surface area (Å²) in [4.78, 5) is 14.5. The van der Waals surface area contributed by atoms with Crippen LogP contribution in [0.25, 0.3) is 0 Å². The molecule has 1 aromatic carbocycles. The Morgan fingerprint density at radius 3 is 2.54 bits per heavy atom. The Bertz CT molecular complexity index is 600. The third-order valence-corrected chi connectivity index (χ3v) is 4.32. The Morgan fingerprint density at radius 2 is 1.96 bits per heavy atom. The van der Waals surface area contributed by atoms with Gasteiger partial charge >= 0.3 is 12.2 Å². The monoisotopic (exact) mass is 373 g/mol. The van der Waals surface area contributed by atoms with Crippen molar-refractivity contribution in [2.45, 2.75) is 45.3 Å². The summed E-state index contributed by atoms with van der Waals surface area (Å²) < 4.78 is 44.9. The molecule has 2 amide bonds. The minimum Gasteiger partial charge on any atom is -0.494 e. The maximum absolute atomic E-state index is 13.3. The largest absolute Gasteiger partial charge is 0.494 e. The van der Waals surface area contributed by atoms with Gasteiger partial charge in [-0.05, 0) is 50.9 Å². The van der Waals surface area contributed by atoms with E-state index >= 15 is 0 Å². The van der Waals surface area contributed by atoms with Gasteiger partial charge in [0.25, 0.3) is 0 Å². The molecule has 5 nitrogen and oxygen atoms in total. The zero-order valence-corrected chi connectivity index (χ0v) is 15.2. The van der Waals surface area contributed by atoms with Crippen LogP contribution in [0.5, 0.6) is 5.75 Å². The van der Waals surface area contributed by atoms with Crippen LogP contribution in [0, 0.1) is 0 Å². The number of halogens is 3. The number of alkyl halides is 3. The van der Waals surface area contributed by atoms with E-state index in [1.54, 1.807) is 6.92 Å². The van der Waals surface area contributed by atoms with E-state index in [-0.39, 0.29) is 24.1 Å². The van der Waals surface area contributed by atoms with E-state index in [1.165, 1.54) is 12.1 Å². The predicted octanol–water partition coefficient (Wildman–Crippen LogP) is 4.10. The predicted molar refractivity (Wildman–Crippen MR) is 94.5 cm³/mol.